The average Bonchev–Trinajstić information content (AvgIpc) is 2.65. The number of halogens is 1. The summed E-state index contributed by atoms with van der Waals surface area (Å²) in [5.41, 5.74) is 1.92. The normalized spacial score (nSPS) is 11.7. The zero-order valence-corrected chi connectivity index (χ0v) is 15.9. The highest BCUT2D eigenvalue weighted by Crippen LogP contribution is 2.15. The quantitative estimate of drug-likeness (QED) is 0.665. The van der Waals surface area contributed by atoms with Gasteiger partial charge < -0.3 is 16.0 Å². The van der Waals surface area contributed by atoms with Gasteiger partial charge in [-0.25, -0.2) is 4.39 Å². The molecule has 144 valence electrons. The van der Waals surface area contributed by atoms with E-state index in [2.05, 4.69) is 16.0 Å². The van der Waals surface area contributed by atoms with Crippen molar-refractivity contribution < 1.29 is 14.0 Å². The fourth-order valence-electron chi connectivity index (χ4n) is 2.53. The van der Waals surface area contributed by atoms with Crippen LogP contribution < -0.4 is 16.0 Å². The van der Waals surface area contributed by atoms with Crippen molar-refractivity contribution in [3.8, 4) is 0 Å². The summed E-state index contributed by atoms with van der Waals surface area (Å²) in [4.78, 5) is 24.5. The van der Waals surface area contributed by atoms with E-state index in [-0.39, 0.29) is 30.2 Å². The minimum Gasteiger partial charge on any atom is -0.376 e. The molecule has 1 unspecified atom stereocenters. The molecule has 0 fully saturated rings. The van der Waals surface area contributed by atoms with Crippen LogP contribution in [0.4, 0.5) is 10.1 Å². The van der Waals surface area contributed by atoms with Gasteiger partial charge in [-0.2, -0.15) is 0 Å². The van der Waals surface area contributed by atoms with Gasteiger partial charge in [-0.1, -0.05) is 38.1 Å². The van der Waals surface area contributed by atoms with Crippen LogP contribution in [0.3, 0.4) is 0 Å². The number of hydrogen-bond donors (Lipinski definition) is 3. The van der Waals surface area contributed by atoms with E-state index in [0.29, 0.717) is 23.7 Å². The SMILES string of the molecule is CC(C)CNC(=O)c1ccccc1NCC(=O)NC(C)c1ccc(F)cc1. The lowest BCUT2D eigenvalue weighted by Crippen LogP contribution is -2.33. The Hall–Kier alpha value is -2.89. The number of para-hydroxylation sites is 1. The molecule has 1 atom stereocenters. The van der Waals surface area contributed by atoms with Gasteiger partial charge in [-0.3, -0.25) is 9.59 Å². The number of nitrogens with one attached hydrogen (secondary N) is 3. The Bertz CT molecular complexity index is 775. The average molecular weight is 371 g/mol. The number of rotatable bonds is 8. The molecule has 2 aromatic rings. The van der Waals surface area contributed by atoms with Crippen molar-refractivity contribution in [1.82, 2.24) is 10.6 Å². The molecule has 27 heavy (non-hydrogen) atoms. The number of amides is 2. The van der Waals surface area contributed by atoms with E-state index in [9.17, 15) is 14.0 Å². The van der Waals surface area contributed by atoms with Gasteiger partial charge in [0.2, 0.25) is 5.91 Å². The predicted octanol–water partition coefficient (Wildman–Crippen LogP) is 3.50. The van der Waals surface area contributed by atoms with E-state index in [1.807, 2.05) is 20.8 Å². The molecular weight excluding hydrogens is 345 g/mol. The van der Waals surface area contributed by atoms with Crippen molar-refractivity contribution in [2.24, 2.45) is 5.92 Å². The van der Waals surface area contributed by atoms with Gasteiger partial charge in [0.25, 0.3) is 5.91 Å². The van der Waals surface area contributed by atoms with E-state index in [4.69, 9.17) is 0 Å². The summed E-state index contributed by atoms with van der Waals surface area (Å²) < 4.78 is 13.0. The monoisotopic (exact) mass is 371 g/mol. The second-order valence-electron chi connectivity index (χ2n) is 6.84. The zero-order chi connectivity index (χ0) is 19.8. The zero-order valence-electron chi connectivity index (χ0n) is 15.9. The minimum absolute atomic E-state index is 0.0278. The lowest BCUT2D eigenvalue weighted by molar-refractivity contribution is -0.120. The van der Waals surface area contributed by atoms with Gasteiger partial charge in [-0.15, -0.1) is 0 Å². The standard InChI is InChI=1S/C21H26FN3O2/c1-14(2)12-24-21(27)18-6-4-5-7-19(18)23-13-20(26)25-15(3)16-8-10-17(22)11-9-16/h4-11,14-15,23H,12-13H2,1-3H3,(H,24,27)(H,25,26). The Morgan fingerprint density at radius 2 is 1.67 bits per heavy atom. The van der Waals surface area contributed by atoms with Crippen LogP contribution in [0, 0.1) is 11.7 Å². The van der Waals surface area contributed by atoms with Gasteiger partial charge in [-0.05, 0) is 42.7 Å². The number of carbonyl (C=O) groups excluding carboxylic acids is 2. The lowest BCUT2D eigenvalue weighted by atomic mass is 10.1. The summed E-state index contributed by atoms with van der Waals surface area (Å²) in [5.74, 6) is -0.352. The maximum absolute atomic E-state index is 13.0. The fraction of sp³-hybridized carbons (Fsp3) is 0.333. The van der Waals surface area contributed by atoms with E-state index in [1.54, 1.807) is 36.4 Å². The second kappa shape index (κ2) is 9.71. The molecule has 0 aliphatic rings. The van der Waals surface area contributed by atoms with Crippen molar-refractivity contribution in [3.05, 3.63) is 65.5 Å². The third-order valence-electron chi connectivity index (χ3n) is 4.03. The Labute approximate surface area is 159 Å². The smallest absolute Gasteiger partial charge is 0.253 e. The van der Waals surface area contributed by atoms with Crippen LogP contribution in [0.15, 0.2) is 48.5 Å². The van der Waals surface area contributed by atoms with Gasteiger partial charge in [0.15, 0.2) is 0 Å². The highest BCUT2D eigenvalue weighted by Gasteiger charge is 2.13. The molecule has 6 heteroatoms. The van der Waals surface area contributed by atoms with Gasteiger partial charge >= 0.3 is 0 Å². The predicted molar refractivity (Wildman–Crippen MR) is 105 cm³/mol. The third-order valence-corrected chi connectivity index (χ3v) is 4.03. The first-order valence-electron chi connectivity index (χ1n) is 9.02. The molecule has 0 aliphatic heterocycles. The first-order chi connectivity index (χ1) is 12.9. The summed E-state index contributed by atoms with van der Waals surface area (Å²) in [5, 5.41) is 8.74. The topological polar surface area (TPSA) is 70.2 Å². The van der Waals surface area contributed by atoms with Crippen LogP contribution in [0.25, 0.3) is 0 Å². The van der Waals surface area contributed by atoms with Crippen molar-refractivity contribution in [2.45, 2.75) is 26.8 Å². The Balaban J connectivity index is 1.93. The number of carbonyl (C=O) groups is 2. The number of anilines is 1. The van der Waals surface area contributed by atoms with Crippen LogP contribution in [0.1, 0.15) is 42.7 Å². The Kier molecular flexibility index (Phi) is 7.34. The van der Waals surface area contributed by atoms with Crippen molar-refractivity contribution in [3.63, 3.8) is 0 Å². The lowest BCUT2D eigenvalue weighted by Gasteiger charge is -2.16. The van der Waals surface area contributed by atoms with Crippen LogP contribution in [0.2, 0.25) is 0 Å². The van der Waals surface area contributed by atoms with E-state index < -0.39 is 0 Å². The van der Waals surface area contributed by atoms with E-state index in [1.165, 1.54) is 12.1 Å². The number of benzene rings is 2. The maximum Gasteiger partial charge on any atom is 0.253 e. The summed E-state index contributed by atoms with van der Waals surface area (Å²) in [6.07, 6.45) is 0. The molecule has 0 aromatic heterocycles. The molecule has 0 saturated carbocycles. The van der Waals surface area contributed by atoms with Crippen LogP contribution in [-0.4, -0.2) is 24.9 Å². The summed E-state index contributed by atoms with van der Waals surface area (Å²) >= 11 is 0. The summed E-state index contributed by atoms with van der Waals surface area (Å²) in [7, 11) is 0. The Morgan fingerprint density at radius 1 is 1.00 bits per heavy atom. The second-order valence-corrected chi connectivity index (χ2v) is 6.84. The molecule has 2 rings (SSSR count). The van der Waals surface area contributed by atoms with Crippen LogP contribution in [0.5, 0.6) is 0 Å². The minimum atomic E-state index is -0.314. The fourth-order valence-corrected chi connectivity index (χ4v) is 2.53. The van der Waals surface area contributed by atoms with Gasteiger partial charge in [0.05, 0.1) is 18.2 Å². The molecule has 5 nitrogen and oxygen atoms in total. The van der Waals surface area contributed by atoms with Crippen molar-refractivity contribution in [2.75, 3.05) is 18.4 Å². The first-order valence-corrected chi connectivity index (χ1v) is 9.02. The molecule has 3 N–H and O–H groups in total. The van der Waals surface area contributed by atoms with E-state index in [0.717, 1.165) is 5.56 Å². The summed E-state index contributed by atoms with van der Waals surface area (Å²) in [6.45, 7) is 6.50. The Morgan fingerprint density at radius 3 is 2.33 bits per heavy atom. The van der Waals surface area contributed by atoms with E-state index >= 15 is 0 Å². The van der Waals surface area contributed by atoms with Crippen LogP contribution >= 0.6 is 0 Å². The molecule has 0 aliphatic carbocycles. The highest BCUT2D eigenvalue weighted by molar-refractivity contribution is 6.00. The third kappa shape index (κ3) is 6.40. The van der Waals surface area contributed by atoms with Crippen molar-refractivity contribution >= 4 is 17.5 Å². The summed E-state index contributed by atoms with van der Waals surface area (Å²) in [6, 6.07) is 12.8. The van der Waals surface area contributed by atoms with Crippen molar-refractivity contribution in [1.29, 1.82) is 0 Å². The molecule has 0 spiro atoms. The molecule has 0 saturated heterocycles. The molecule has 0 radical (unpaired) electrons. The first kappa shape index (κ1) is 20.4. The highest BCUT2D eigenvalue weighted by atomic mass is 19.1. The number of hydrogen-bond acceptors (Lipinski definition) is 3. The van der Waals surface area contributed by atoms with Crippen LogP contribution in [-0.2, 0) is 4.79 Å². The van der Waals surface area contributed by atoms with Gasteiger partial charge in [0, 0.05) is 12.2 Å². The molecule has 0 heterocycles. The molecule has 2 aromatic carbocycles. The largest absolute Gasteiger partial charge is 0.376 e. The maximum atomic E-state index is 13.0. The molecular formula is C21H26FN3O2. The molecule has 0 bridgehead atoms. The van der Waals surface area contributed by atoms with Gasteiger partial charge in [0.1, 0.15) is 5.82 Å². The molecule has 2 amide bonds.